The number of carbonyl (C=O) groups is 1. The Hall–Kier alpha value is -1.60. The maximum absolute atomic E-state index is 12.5. The van der Waals surface area contributed by atoms with Gasteiger partial charge in [0.1, 0.15) is 0 Å². The molecule has 1 fully saturated rings. The standard InChI is InChI=1S/C17H24F2N2O3.ClH/c1-21(16(22)9-12-4-3-5-13(12)20)10-11-6-7-14(23-2)15(8-11)24-17(18)19;/h6-8,12-13,17H,3-5,9-10,20H2,1-2H3;1H/t12-,13+;/m0./s1. The summed E-state index contributed by atoms with van der Waals surface area (Å²) in [6.07, 6.45) is 3.44. The molecule has 1 amide bonds. The fourth-order valence-electron chi connectivity index (χ4n) is 3.07. The largest absolute Gasteiger partial charge is 0.493 e. The zero-order chi connectivity index (χ0) is 17.7. The molecular formula is C17H25ClF2N2O3. The summed E-state index contributed by atoms with van der Waals surface area (Å²) in [5, 5.41) is 0. The molecule has 1 saturated carbocycles. The molecule has 142 valence electrons. The summed E-state index contributed by atoms with van der Waals surface area (Å²) in [5.74, 6) is 0.423. The van der Waals surface area contributed by atoms with Gasteiger partial charge in [0.2, 0.25) is 5.91 Å². The van der Waals surface area contributed by atoms with Gasteiger partial charge in [0.15, 0.2) is 11.5 Å². The number of hydrogen-bond donors (Lipinski definition) is 1. The van der Waals surface area contributed by atoms with Gasteiger partial charge in [0.05, 0.1) is 7.11 Å². The summed E-state index contributed by atoms with van der Waals surface area (Å²) < 4.78 is 34.4. The minimum absolute atomic E-state index is 0. The number of ether oxygens (including phenoxy) is 2. The summed E-state index contributed by atoms with van der Waals surface area (Å²) in [4.78, 5) is 13.9. The van der Waals surface area contributed by atoms with Crippen LogP contribution in [0.4, 0.5) is 8.78 Å². The third kappa shape index (κ3) is 6.01. The van der Waals surface area contributed by atoms with Crippen LogP contribution in [-0.4, -0.2) is 37.6 Å². The van der Waals surface area contributed by atoms with Crippen molar-refractivity contribution in [3.63, 3.8) is 0 Å². The molecule has 2 rings (SSSR count). The van der Waals surface area contributed by atoms with Gasteiger partial charge < -0.3 is 20.1 Å². The molecule has 1 aromatic rings. The van der Waals surface area contributed by atoms with Crippen LogP contribution in [0, 0.1) is 5.92 Å². The van der Waals surface area contributed by atoms with Gasteiger partial charge in [-0.3, -0.25) is 4.79 Å². The van der Waals surface area contributed by atoms with Crippen molar-refractivity contribution in [2.45, 2.75) is 44.9 Å². The first-order valence-electron chi connectivity index (χ1n) is 8.02. The highest BCUT2D eigenvalue weighted by molar-refractivity contribution is 5.85. The minimum Gasteiger partial charge on any atom is -0.493 e. The molecule has 1 aliphatic rings. The van der Waals surface area contributed by atoms with Crippen LogP contribution < -0.4 is 15.2 Å². The number of methoxy groups -OCH3 is 1. The molecule has 2 atom stereocenters. The van der Waals surface area contributed by atoms with Crippen LogP contribution in [-0.2, 0) is 11.3 Å². The Balaban J connectivity index is 0.00000312. The predicted octanol–water partition coefficient (Wildman–Crippen LogP) is 3.19. The lowest BCUT2D eigenvalue weighted by atomic mass is 9.99. The van der Waals surface area contributed by atoms with E-state index >= 15 is 0 Å². The molecule has 0 saturated heterocycles. The lowest BCUT2D eigenvalue weighted by Crippen LogP contribution is -2.32. The van der Waals surface area contributed by atoms with Gasteiger partial charge in [-0.15, -0.1) is 12.4 Å². The van der Waals surface area contributed by atoms with Crippen LogP contribution in [0.1, 0.15) is 31.2 Å². The Labute approximate surface area is 152 Å². The van der Waals surface area contributed by atoms with Crippen molar-refractivity contribution < 1.29 is 23.0 Å². The van der Waals surface area contributed by atoms with Gasteiger partial charge >= 0.3 is 6.61 Å². The van der Waals surface area contributed by atoms with E-state index in [1.165, 1.54) is 13.2 Å². The van der Waals surface area contributed by atoms with Gasteiger partial charge in [-0.25, -0.2) is 0 Å². The highest BCUT2D eigenvalue weighted by Crippen LogP contribution is 2.30. The second-order valence-corrected chi connectivity index (χ2v) is 6.17. The molecule has 0 unspecified atom stereocenters. The van der Waals surface area contributed by atoms with Crippen LogP contribution in [0.25, 0.3) is 0 Å². The lowest BCUT2D eigenvalue weighted by molar-refractivity contribution is -0.131. The molecule has 0 spiro atoms. The molecule has 0 aliphatic heterocycles. The van der Waals surface area contributed by atoms with E-state index in [0.29, 0.717) is 18.5 Å². The van der Waals surface area contributed by atoms with E-state index in [9.17, 15) is 13.6 Å². The fraction of sp³-hybridized carbons (Fsp3) is 0.588. The molecule has 1 aromatic carbocycles. The monoisotopic (exact) mass is 378 g/mol. The number of amides is 1. The quantitative estimate of drug-likeness (QED) is 0.791. The molecule has 2 N–H and O–H groups in total. The van der Waals surface area contributed by atoms with Gasteiger partial charge in [0.25, 0.3) is 0 Å². The lowest BCUT2D eigenvalue weighted by Gasteiger charge is -2.22. The van der Waals surface area contributed by atoms with Crippen molar-refractivity contribution in [2.75, 3.05) is 14.2 Å². The van der Waals surface area contributed by atoms with Gasteiger partial charge in [0, 0.05) is 26.1 Å². The fourth-order valence-corrected chi connectivity index (χ4v) is 3.07. The summed E-state index contributed by atoms with van der Waals surface area (Å²) in [6.45, 7) is -2.62. The number of alkyl halides is 2. The summed E-state index contributed by atoms with van der Waals surface area (Å²) in [5.41, 5.74) is 6.70. The second kappa shape index (κ2) is 9.77. The van der Waals surface area contributed by atoms with Gasteiger partial charge in [-0.1, -0.05) is 12.5 Å². The van der Waals surface area contributed by atoms with Gasteiger partial charge in [-0.2, -0.15) is 8.78 Å². The number of nitrogens with zero attached hydrogens (tertiary/aromatic N) is 1. The first-order valence-corrected chi connectivity index (χ1v) is 8.02. The van der Waals surface area contributed by atoms with Crippen molar-refractivity contribution in [1.29, 1.82) is 0 Å². The first-order chi connectivity index (χ1) is 11.4. The number of halogens is 3. The van der Waals surface area contributed by atoms with Crippen LogP contribution in [0.2, 0.25) is 0 Å². The molecule has 0 radical (unpaired) electrons. The molecule has 0 aromatic heterocycles. The molecule has 0 heterocycles. The maximum Gasteiger partial charge on any atom is 0.387 e. The summed E-state index contributed by atoms with van der Waals surface area (Å²) >= 11 is 0. The van der Waals surface area contributed by atoms with Crippen molar-refractivity contribution in [3.05, 3.63) is 23.8 Å². The maximum atomic E-state index is 12.5. The van der Waals surface area contributed by atoms with E-state index in [-0.39, 0.29) is 41.8 Å². The second-order valence-electron chi connectivity index (χ2n) is 6.17. The van der Waals surface area contributed by atoms with Gasteiger partial charge in [-0.05, 0) is 36.5 Å². The average Bonchev–Trinajstić information content (AvgIpc) is 2.92. The molecule has 25 heavy (non-hydrogen) atoms. The van der Waals surface area contributed by atoms with E-state index in [4.69, 9.17) is 10.5 Å². The Morgan fingerprint density at radius 3 is 2.64 bits per heavy atom. The third-order valence-corrected chi connectivity index (χ3v) is 4.44. The predicted molar refractivity (Wildman–Crippen MR) is 93.3 cm³/mol. The highest BCUT2D eigenvalue weighted by atomic mass is 35.5. The summed E-state index contributed by atoms with van der Waals surface area (Å²) in [6, 6.07) is 4.84. The smallest absolute Gasteiger partial charge is 0.387 e. The molecular weight excluding hydrogens is 354 g/mol. The molecule has 5 nitrogen and oxygen atoms in total. The Morgan fingerprint density at radius 2 is 2.08 bits per heavy atom. The van der Waals surface area contributed by atoms with Crippen molar-refractivity contribution >= 4 is 18.3 Å². The van der Waals surface area contributed by atoms with Crippen LogP contribution in [0.3, 0.4) is 0 Å². The normalized spacial score (nSPS) is 19.4. The Bertz CT molecular complexity index is 575. The van der Waals surface area contributed by atoms with Crippen LogP contribution in [0.5, 0.6) is 11.5 Å². The van der Waals surface area contributed by atoms with Crippen LogP contribution >= 0.6 is 12.4 Å². The molecule has 0 bridgehead atoms. The van der Waals surface area contributed by atoms with E-state index in [0.717, 1.165) is 19.3 Å². The molecule has 8 heteroatoms. The van der Waals surface area contributed by atoms with E-state index in [2.05, 4.69) is 4.74 Å². The van der Waals surface area contributed by atoms with E-state index in [1.54, 1.807) is 24.1 Å². The number of rotatable bonds is 7. The average molecular weight is 379 g/mol. The SMILES string of the molecule is COc1ccc(CN(C)C(=O)C[C@@H]2CCC[C@H]2N)cc1OC(F)F.Cl. The van der Waals surface area contributed by atoms with E-state index < -0.39 is 6.61 Å². The topological polar surface area (TPSA) is 64.8 Å². The number of nitrogens with two attached hydrogens (primary N) is 1. The molecule has 1 aliphatic carbocycles. The summed E-state index contributed by atoms with van der Waals surface area (Å²) in [7, 11) is 3.08. The number of carbonyl (C=O) groups excluding carboxylic acids is 1. The third-order valence-electron chi connectivity index (χ3n) is 4.44. The van der Waals surface area contributed by atoms with Crippen molar-refractivity contribution in [3.8, 4) is 11.5 Å². The number of benzene rings is 1. The zero-order valence-electron chi connectivity index (χ0n) is 14.4. The van der Waals surface area contributed by atoms with E-state index in [1.807, 2.05) is 0 Å². The van der Waals surface area contributed by atoms with Crippen molar-refractivity contribution in [1.82, 2.24) is 4.90 Å². The highest BCUT2D eigenvalue weighted by Gasteiger charge is 2.27. The number of hydrogen-bond acceptors (Lipinski definition) is 4. The Morgan fingerprint density at radius 1 is 1.36 bits per heavy atom. The Kier molecular flexibility index (Phi) is 8.38. The minimum atomic E-state index is -2.93. The first kappa shape index (κ1) is 21.4. The zero-order valence-corrected chi connectivity index (χ0v) is 15.2. The van der Waals surface area contributed by atoms with Crippen molar-refractivity contribution in [2.24, 2.45) is 11.7 Å². The van der Waals surface area contributed by atoms with Crippen LogP contribution in [0.15, 0.2) is 18.2 Å².